The molecule has 0 amide bonds. The lowest BCUT2D eigenvalue weighted by Gasteiger charge is -2.21. The molecule has 0 bridgehead atoms. The average Bonchev–Trinajstić information content (AvgIpc) is 2.28. The molecule has 2 rings (SSSR count). The summed E-state index contributed by atoms with van der Waals surface area (Å²) >= 11 is 0. The molecular formula is C14H13FO2. The zero-order valence-electron chi connectivity index (χ0n) is 9.70. The number of hydrogen-bond donors (Lipinski definition) is 1. The number of hydrogen-bond acceptors (Lipinski definition) is 1. The lowest BCUT2D eigenvalue weighted by Crippen LogP contribution is -2.28. The number of halogens is 1. The van der Waals surface area contributed by atoms with Crippen LogP contribution in [0.2, 0.25) is 0 Å². The molecule has 1 N–H and O–H groups in total. The fraction of sp³-hybridized carbons (Fsp3) is 0.214. The Balaban J connectivity index is 2.80. The summed E-state index contributed by atoms with van der Waals surface area (Å²) in [6, 6.07) is 9.80. The van der Waals surface area contributed by atoms with E-state index in [0.29, 0.717) is 16.3 Å². The van der Waals surface area contributed by atoms with Crippen LogP contribution in [0.4, 0.5) is 4.39 Å². The van der Waals surface area contributed by atoms with Crippen molar-refractivity contribution in [3.05, 3.63) is 47.8 Å². The molecule has 2 nitrogen and oxygen atoms in total. The topological polar surface area (TPSA) is 37.3 Å². The minimum Gasteiger partial charge on any atom is -0.481 e. The van der Waals surface area contributed by atoms with Crippen LogP contribution < -0.4 is 0 Å². The molecule has 2 aromatic carbocycles. The summed E-state index contributed by atoms with van der Waals surface area (Å²) in [6.45, 7) is 3.24. The van der Waals surface area contributed by atoms with E-state index in [-0.39, 0.29) is 5.82 Å². The van der Waals surface area contributed by atoms with Crippen molar-refractivity contribution in [1.82, 2.24) is 0 Å². The molecule has 0 heterocycles. The van der Waals surface area contributed by atoms with Crippen LogP contribution in [0.3, 0.4) is 0 Å². The number of rotatable bonds is 2. The van der Waals surface area contributed by atoms with E-state index in [2.05, 4.69) is 0 Å². The normalized spacial score (nSPS) is 11.7. The minimum atomic E-state index is -1.03. The average molecular weight is 232 g/mol. The maximum absolute atomic E-state index is 13.6. The SMILES string of the molecule is CC(C)(C(=O)O)c1cccc2c(F)cccc12. The highest BCUT2D eigenvalue weighted by Gasteiger charge is 2.31. The first-order valence-corrected chi connectivity index (χ1v) is 5.35. The number of carboxylic acid groups (broad SMARTS) is 1. The molecule has 0 aliphatic carbocycles. The molecule has 0 aliphatic heterocycles. The van der Waals surface area contributed by atoms with Gasteiger partial charge in [0.05, 0.1) is 5.41 Å². The quantitative estimate of drug-likeness (QED) is 0.862. The predicted octanol–water partition coefficient (Wildman–Crippen LogP) is 3.34. The lowest BCUT2D eigenvalue weighted by molar-refractivity contribution is -0.142. The second-order valence-electron chi connectivity index (χ2n) is 4.57. The number of carboxylic acids is 1. The molecule has 0 aromatic heterocycles. The zero-order chi connectivity index (χ0) is 12.6. The van der Waals surface area contributed by atoms with Crippen LogP contribution in [0.1, 0.15) is 19.4 Å². The number of carbonyl (C=O) groups is 1. The highest BCUT2D eigenvalue weighted by molar-refractivity contribution is 5.92. The van der Waals surface area contributed by atoms with Crippen molar-refractivity contribution in [2.45, 2.75) is 19.3 Å². The van der Waals surface area contributed by atoms with E-state index in [9.17, 15) is 14.3 Å². The highest BCUT2D eigenvalue weighted by Crippen LogP contribution is 2.31. The predicted molar refractivity (Wildman–Crippen MR) is 64.6 cm³/mol. The fourth-order valence-electron chi connectivity index (χ4n) is 1.93. The Bertz CT molecular complexity index is 588. The molecule has 3 heteroatoms. The van der Waals surface area contributed by atoms with Crippen molar-refractivity contribution in [2.75, 3.05) is 0 Å². The van der Waals surface area contributed by atoms with E-state index in [1.165, 1.54) is 6.07 Å². The summed E-state index contributed by atoms with van der Waals surface area (Å²) in [5.41, 5.74) is -0.408. The van der Waals surface area contributed by atoms with Crippen molar-refractivity contribution >= 4 is 16.7 Å². The van der Waals surface area contributed by atoms with E-state index in [4.69, 9.17) is 0 Å². The van der Waals surface area contributed by atoms with Crippen molar-refractivity contribution < 1.29 is 14.3 Å². The van der Waals surface area contributed by atoms with Gasteiger partial charge in [-0.1, -0.05) is 30.3 Å². The molecule has 0 radical (unpaired) electrons. The smallest absolute Gasteiger partial charge is 0.313 e. The first-order valence-electron chi connectivity index (χ1n) is 5.35. The van der Waals surface area contributed by atoms with Gasteiger partial charge in [0.1, 0.15) is 5.82 Å². The molecule has 2 aromatic rings. The van der Waals surface area contributed by atoms with Crippen LogP contribution in [0.5, 0.6) is 0 Å². The monoisotopic (exact) mass is 232 g/mol. The summed E-state index contributed by atoms with van der Waals surface area (Å²) in [7, 11) is 0. The number of fused-ring (bicyclic) bond motifs is 1. The molecular weight excluding hydrogens is 219 g/mol. The Morgan fingerprint density at radius 2 is 1.71 bits per heavy atom. The van der Waals surface area contributed by atoms with E-state index in [1.807, 2.05) is 0 Å². The maximum Gasteiger partial charge on any atom is 0.313 e. The van der Waals surface area contributed by atoms with Gasteiger partial charge in [0.15, 0.2) is 0 Å². The third-order valence-corrected chi connectivity index (χ3v) is 3.08. The zero-order valence-corrected chi connectivity index (χ0v) is 9.70. The van der Waals surface area contributed by atoms with E-state index in [0.717, 1.165) is 0 Å². The van der Waals surface area contributed by atoms with Crippen LogP contribution >= 0.6 is 0 Å². The van der Waals surface area contributed by atoms with Gasteiger partial charge in [0.25, 0.3) is 0 Å². The van der Waals surface area contributed by atoms with Gasteiger partial charge in [-0.25, -0.2) is 4.39 Å². The van der Waals surface area contributed by atoms with Crippen LogP contribution in [-0.4, -0.2) is 11.1 Å². The van der Waals surface area contributed by atoms with Crippen LogP contribution in [-0.2, 0) is 10.2 Å². The number of aliphatic carboxylic acids is 1. The molecule has 0 spiro atoms. The summed E-state index contributed by atoms with van der Waals surface area (Å²) in [5, 5.41) is 10.3. The molecule has 0 aliphatic rings. The summed E-state index contributed by atoms with van der Waals surface area (Å²) in [6.07, 6.45) is 0. The Kier molecular flexibility index (Phi) is 2.62. The van der Waals surface area contributed by atoms with Gasteiger partial charge in [0.2, 0.25) is 0 Å². The second kappa shape index (κ2) is 3.84. The largest absolute Gasteiger partial charge is 0.481 e. The molecule has 17 heavy (non-hydrogen) atoms. The second-order valence-corrected chi connectivity index (χ2v) is 4.57. The van der Waals surface area contributed by atoms with Gasteiger partial charge in [-0.15, -0.1) is 0 Å². The third kappa shape index (κ3) is 1.78. The first kappa shape index (κ1) is 11.6. The van der Waals surface area contributed by atoms with Gasteiger partial charge in [0, 0.05) is 5.39 Å². The van der Waals surface area contributed by atoms with Crippen molar-refractivity contribution in [1.29, 1.82) is 0 Å². The first-order chi connectivity index (χ1) is 7.94. The van der Waals surface area contributed by atoms with Gasteiger partial charge >= 0.3 is 5.97 Å². The highest BCUT2D eigenvalue weighted by atomic mass is 19.1. The maximum atomic E-state index is 13.6. The lowest BCUT2D eigenvalue weighted by atomic mass is 9.82. The van der Waals surface area contributed by atoms with Crippen LogP contribution in [0.25, 0.3) is 10.8 Å². The molecule has 0 saturated heterocycles. The Morgan fingerprint density at radius 1 is 1.12 bits per heavy atom. The van der Waals surface area contributed by atoms with E-state index < -0.39 is 11.4 Å². The molecule has 0 fully saturated rings. The molecule has 0 saturated carbocycles. The van der Waals surface area contributed by atoms with Gasteiger partial charge in [-0.05, 0) is 30.9 Å². The van der Waals surface area contributed by atoms with E-state index >= 15 is 0 Å². The summed E-state index contributed by atoms with van der Waals surface area (Å²) in [5.74, 6) is -1.25. The minimum absolute atomic E-state index is 0.328. The Morgan fingerprint density at radius 3 is 2.35 bits per heavy atom. The molecule has 0 atom stereocenters. The van der Waals surface area contributed by atoms with Gasteiger partial charge in [-0.3, -0.25) is 4.79 Å². The van der Waals surface area contributed by atoms with E-state index in [1.54, 1.807) is 44.2 Å². The number of benzene rings is 2. The van der Waals surface area contributed by atoms with Crippen molar-refractivity contribution in [3.8, 4) is 0 Å². The molecule has 0 unspecified atom stereocenters. The summed E-state index contributed by atoms with van der Waals surface area (Å²) < 4.78 is 13.6. The van der Waals surface area contributed by atoms with Crippen molar-refractivity contribution in [2.24, 2.45) is 0 Å². The fourth-order valence-corrected chi connectivity index (χ4v) is 1.93. The third-order valence-electron chi connectivity index (χ3n) is 3.08. The summed E-state index contributed by atoms with van der Waals surface area (Å²) in [4.78, 5) is 11.3. The Labute approximate surface area is 98.7 Å². The van der Waals surface area contributed by atoms with Crippen molar-refractivity contribution in [3.63, 3.8) is 0 Å². The molecule has 88 valence electrons. The van der Waals surface area contributed by atoms with Crippen LogP contribution in [0.15, 0.2) is 36.4 Å². The van der Waals surface area contributed by atoms with Crippen LogP contribution in [0, 0.1) is 5.82 Å². The Hall–Kier alpha value is -1.90. The van der Waals surface area contributed by atoms with Gasteiger partial charge in [-0.2, -0.15) is 0 Å². The van der Waals surface area contributed by atoms with Gasteiger partial charge < -0.3 is 5.11 Å². The standard InChI is InChI=1S/C14H13FO2/c1-14(2,13(16)17)11-7-3-6-10-9(11)5-4-8-12(10)15/h3-8H,1-2H3,(H,16,17).